The number of rotatable bonds is 9. The summed E-state index contributed by atoms with van der Waals surface area (Å²) in [4.78, 5) is 18.7. The Morgan fingerprint density at radius 1 is 1.06 bits per heavy atom. The average molecular weight is 487 g/mol. The molecule has 0 saturated carbocycles. The minimum absolute atomic E-state index is 0.0113. The van der Waals surface area contributed by atoms with E-state index in [2.05, 4.69) is 103 Å². The summed E-state index contributed by atoms with van der Waals surface area (Å²) in [6.07, 6.45) is 2.76. The van der Waals surface area contributed by atoms with Crippen molar-refractivity contribution in [2.75, 3.05) is 6.54 Å². The summed E-state index contributed by atoms with van der Waals surface area (Å²) in [5, 5.41) is 13.9. The van der Waals surface area contributed by atoms with E-state index in [9.17, 15) is 4.79 Å². The Labute approximate surface area is 213 Å². The lowest BCUT2D eigenvalue weighted by Crippen LogP contribution is -2.36. The molecule has 0 aliphatic heterocycles. The van der Waals surface area contributed by atoms with E-state index < -0.39 is 0 Å². The molecule has 1 unspecified atom stereocenters. The molecule has 1 N–H and O–H groups in total. The van der Waals surface area contributed by atoms with Gasteiger partial charge in [0.15, 0.2) is 5.82 Å². The van der Waals surface area contributed by atoms with Crippen LogP contribution in [0.4, 0.5) is 0 Å². The lowest BCUT2D eigenvalue weighted by molar-refractivity contribution is 0.158. The van der Waals surface area contributed by atoms with Crippen molar-refractivity contribution in [1.82, 2.24) is 30.1 Å². The summed E-state index contributed by atoms with van der Waals surface area (Å²) >= 11 is 0. The smallest absolute Gasteiger partial charge is 0.252 e. The summed E-state index contributed by atoms with van der Waals surface area (Å²) in [7, 11) is 0. The second-order valence-electron chi connectivity index (χ2n) is 10.8. The van der Waals surface area contributed by atoms with E-state index in [1.807, 2.05) is 16.8 Å². The van der Waals surface area contributed by atoms with Crippen LogP contribution in [0.3, 0.4) is 0 Å². The van der Waals surface area contributed by atoms with Gasteiger partial charge in [0.2, 0.25) is 0 Å². The maximum atomic E-state index is 13.2. The number of aromatic nitrogens is 5. The monoisotopic (exact) mass is 486 g/mol. The first kappa shape index (κ1) is 25.8. The van der Waals surface area contributed by atoms with Crippen LogP contribution in [-0.2, 0) is 18.5 Å². The molecule has 0 radical (unpaired) electrons. The predicted molar refractivity (Wildman–Crippen MR) is 145 cm³/mol. The van der Waals surface area contributed by atoms with Crippen LogP contribution < -0.4 is 5.56 Å². The fourth-order valence-corrected chi connectivity index (χ4v) is 4.75. The predicted octanol–water partition coefficient (Wildman–Crippen LogP) is 5.47. The number of H-pyrrole nitrogens is 1. The molecular formula is C29H38N6O. The molecule has 7 nitrogen and oxygen atoms in total. The molecule has 2 aromatic carbocycles. The van der Waals surface area contributed by atoms with Gasteiger partial charge in [0.1, 0.15) is 0 Å². The first-order valence-electron chi connectivity index (χ1n) is 12.9. The zero-order valence-electron chi connectivity index (χ0n) is 22.4. The number of pyridine rings is 1. The summed E-state index contributed by atoms with van der Waals surface area (Å²) in [5.74, 6) is 0.848. The van der Waals surface area contributed by atoms with Crippen LogP contribution in [0.1, 0.15) is 74.7 Å². The molecular weight excluding hydrogens is 448 g/mol. The average Bonchev–Trinajstić information content (AvgIpc) is 3.33. The largest absolute Gasteiger partial charge is 0.322 e. The quantitative estimate of drug-likeness (QED) is 0.339. The van der Waals surface area contributed by atoms with Crippen molar-refractivity contribution in [3.05, 3.63) is 87.0 Å². The SMILES string of the molecule is CCCC(c1nnnn1C(C)(C)C)N(CCc1ccccc1)Cc1cc2cc(C)c(C)cc2[nH]c1=O. The third-order valence-corrected chi connectivity index (χ3v) is 6.87. The fraction of sp³-hybridized carbons (Fsp3) is 0.448. The van der Waals surface area contributed by atoms with Crippen molar-refractivity contribution >= 4 is 10.9 Å². The molecule has 36 heavy (non-hydrogen) atoms. The van der Waals surface area contributed by atoms with Gasteiger partial charge in [0, 0.05) is 24.2 Å². The zero-order chi connectivity index (χ0) is 25.9. The molecule has 4 aromatic rings. The molecule has 1 atom stereocenters. The highest BCUT2D eigenvalue weighted by atomic mass is 16.1. The van der Waals surface area contributed by atoms with Crippen molar-refractivity contribution in [3.63, 3.8) is 0 Å². The minimum Gasteiger partial charge on any atom is -0.322 e. The van der Waals surface area contributed by atoms with Gasteiger partial charge in [-0.1, -0.05) is 43.7 Å². The Bertz CT molecular complexity index is 1370. The number of tetrazole rings is 1. The lowest BCUT2D eigenvalue weighted by atomic mass is 10.0. The molecule has 0 aliphatic rings. The molecule has 7 heteroatoms. The Balaban J connectivity index is 1.75. The molecule has 0 spiro atoms. The molecule has 0 fully saturated rings. The molecule has 4 rings (SSSR count). The van der Waals surface area contributed by atoms with Crippen molar-refractivity contribution < 1.29 is 0 Å². The van der Waals surface area contributed by atoms with Gasteiger partial charge in [-0.15, -0.1) is 5.10 Å². The number of benzene rings is 2. The van der Waals surface area contributed by atoms with Gasteiger partial charge < -0.3 is 4.98 Å². The highest BCUT2D eigenvalue weighted by Gasteiger charge is 2.30. The number of aryl methyl sites for hydroxylation is 2. The topological polar surface area (TPSA) is 79.7 Å². The number of nitrogens with one attached hydrogen (secondary N) is 1. The molecule has 0 bridgehead atoms. The van der Waals surface area contributed by atoms with Gasteiger partial charge in [-0.05, 0) is 98.2 Å². The van der Waals surface area contributed by atoms with Crippen LogP contribution in [0.15, 0.2) is 53.3 Å². The van der Waals surface area contributed by atoms with E-state index in [0.29, 0.717) is 6.54 Å². The van der Waals surface area contributed by atoms with E-state index in [0.717, 1.165) is 48.1 Å². The van der Waals surface area contributed by atoms with Crippen LogP contribution in [0.2, 0.25) is 0 Å². The number of hydrogen-bond donors (Lipinski definition) is 1. The van der Waals surface area contributed by atoms with Crippen molar-refractivity contribution in [3.8, 4) is 0 Å². The van der Waals surface area contributed by atoms with Crippen LogP contribution >= 0.6 is 0 Å². The Kier molecular flexibility index (Phi) is 7.69. The van der Waals surface area contributed by atoms with Crippen molar-refractivity contribution in [2.24, 2.45) is 0 Å². The van der Waals surface area contributed by atoms with Gasteiger partial charge in [-0.25, -0.2) is 4.68 Å². The highest BCUT2D eigenvalue weighted by Crippen LogP contribution is 2.29. The molecule has 0 aliphatic carbocycles. The van der Waals surface area contributed by atoms with Gasteiger partial charge in [-0.3, -0.25) is 9.69 Å². The number of hydrogen-bond acceptors (Lipinski definition) is 5. The molecule has 2 heterocycles. The number of nitrogens with zero attached hydrogens (tertiary/aromatic N) is 5. The Morgan fingerprint density at radius 3 is 2.47 bits per heavy atom. The van der Waals surface area contributed by atoms with Crippen molar-refractivity contribution in [2.45, 2.75) is 78.9 Å². The third-order valence-electron chi connectivity index (χ3n) is 6.87. The minimum atomic E-state index is -0.244. The summed E-state index contributed by atoms with van der Waals surface area (Å²) in [5.41, 5.74) is 5.01. The first-order chi connectivity index (χ1) is 17.2. The lowest BCUT2D eigenvalue weighted by Gasteiger charge is -2.33. The summed E-state index contributed by atoms with van der Waals surface area (Å²) < 4.78 is 1.93. The third kappa shape index (κ3) is 5.73. The highest BCUT2D eigenvalue weighted by molar-refractivity contribution is 5.80. The first-order valence-corrected chi connectivity index (χ1v) is 12.9. The second-order valence-corrected chi connectivity index (χ2v) is 10.8. The fourth-order valence-electron chi connectivity index (χ4n) is 4.75. The molecule has 2 aromatic heterocycles. The molecule has 190 valence electrons. The van der Waals surface area contributed by atoms with E-state index in [1.165, 1.54) is 16.7 Å². The van der Waals surface area contributed by atoms with E-state index >= 15 is 0 Å². The normalized spacial score (nSPS) is 13.0. The Morgan fingerprint density at radius 2 is 1.78 bits per heavy atom. The van der Waals surface area contributed by atoms with E-state index in [-0.39, 0.29) is 17.1 Å². The summed E-state index contributed by atoms with van der Waals surface area (Å²) in [6.45, 7) is 14.0. The second kappa shape index (κ2) is 10.7. The van der Waals surface area contributed by atoms with Crippen molar-refractivity contribution in [1.29, 1.82) is 0 Å². The Hall–Kier alpha value is -3.32. The van der Waals surface area contributed by atoms with Gasteiger partial charge >= 0.3 is 0 Å². The molecule has 0 saturated heterocycles. The van der Waals surface area contributed by atoms with Crippen LogP contribution in [-0.4, -0.2) is 36.6 Å². The zero-order valence-corrected chi connectivity index (χ0v) is 22.4. The van der Waals surface area contributed by atoms with Gasteiger partial charge in [0.05, 0.1) is 11.6 Å². The number of aromatic amines is 1. The van der Waals surface area contributed by atoms with Crippen LogP contribution in [0.25, 0.3) is 10.9 Å². The van der Waals surface area contributed by atoms with E-state index in [4.69, 9.17) is 0 Å². The van der Waals surface area contributed by atoms with Gasteiger partial charge in [-0.2, -0.15) is 0 Å². The summed E-state index contributed by atoms with van der Waals surface area (Å²) in [6, 6.07) is 16.7. The maximum Gasteiger partial charge on any atom is 0.252 e. The standard InChI is InChI=1S/C29H38N6O/c1-7-11-26(27-31-32-33-35(27)29(4,5)6)34(15-14-22-12-9-8-10-13-22)19-24-18-23-16-20(2)21(3)17-25(23)30-28(24)36/h8-10,12-13,16-18,26H,7,11,14-15,19H2,1-6H3,(H,30,36). The van der Waals surface area contributed by atoms with Gasteiger partial charge in [0.25, 0.3) is 5.56 Å². The maximum absolute atomic E-state index is 13.2. The van der Waals surface area contributed by atoms with E-state index in [1.54, 1.807) is 0 Å². The van der Waals surface area contributed by atoms with Crippen LogP contribution in [0.5, 0.6) is 0 Å². The molecule has 0 amide bonds. The van der Waals surface area contributed by atoms with Crippen LogP contribution in [0, 0.1) is 13.8 Å². The number of fused-ring (bicyclic) bond motifs is 1.